The molecule has 2 fully saturated rings. The number of piperidine rings is 2. The van der Waals surface area contributed by atoms with Crippen LogP contribution in [-0.4, -0.2) is 52.0 Å². The first-order valence-corrected chi connectivity index (χ1v) is 11.4. The molecular weight excluding hydrogens is 372 g/mol. The number of H-pyrrole nitrogens is 2. The molecule has 1 aromatic heterocycles. The first-order chi connectivity index (χ1) is 14.7. The Bertz CT molecular complexity index is 1050. The van der Waals surface area contributed by atoms with E-state index in [2.05, 4.69) is 63.1 Å². The average molecular weight is 405 g/mol. The Balaban J connectivity index is 1.13. The van der Waals surface area contributed by atoms with Gasteiger partial charge in [-0.3, -0.25) is 4.90 Å². The van der Waals surface area contributed by atoms with Crippen molar-refractivity contribution in [3.8, 4) is 0 Å². The summed E-state index contributed by atoms with van der Waals surface area (Å²) in [7, 11) is 0. The maximum Gasteiger partial charge on any atom is 0.323 e. The number of imidazole rings is 1. The van der Waals surface area contributed by atoms with Crippen LogP contribution in [0.2, 0.25) is 0 Å². The van der Waals surface area contributed by atoms with Gasteiger partial charge in [-0.1, -0.05) is 30.3 Å². The van der Waals surface area contributed by atoms with Crippen molar-refractivity contribution < 1.29 is 0 Å². The highest BCUT2D eigenvalue weighted by Gasteiger charge is 2.29. The molecule has 0 unspecified atom stereocenters. The first-order valence-electron chi connectivity index (χ1n) is 11.4. The van der Waals surface area contributed by atoms with Gasteiger partial charge in [0.05, 0.1) is 11.0 Å². The highest BCUT2D eigenvalue weighted by atomic mass is 16.1. The number of aryl methyl sites for hydroxylation is 1. The van der Waals surface area contributed by atoms with E-state index < -0.39 is 0 Å². The second-order valence-electron chi connectivity index (χ2n) is 9.13. The average Bonchev–Trinajstić information content (AvgIpc) is 3.15. The summed E-state index contributed by atoms with van der Waals surface area (Å²) in [4.78, 5) is 22.6. The molecule has 5 heteroatoms. The Morgan fingerprint density at radius 3 is 2.40 bits per heavy atom. The van der Waals surface area contributed by atoms with E-state index in [1.54, 1.807) is 0 Å². The van der Waals surface area contributed by atoms with E-state index in [1.165, 1.54) is 68.6 Å². The lowest BCUT2D eigenvalue weighted by atomic mass is 9.88. The van der Waals surface area contributed by atoms with Crippen LogP contribution in [0.1, 0.15) is 48.3 Å². The molecule has 0 amide bonds. The van der Waals surface area contributed by atoms with Crippen molar-refractivity contribution in [2.45, 2.75) is 51.1 Å². The van der Waals surface area contributed by atoms with Gasteiger partial charge in [0.15, 0.2) is 0 Å². The van der Waals surface area contributed by atoms with Crippen LogP contribution >= 0.6 is 0 Å². The molecular formula is C25H32N4O. The maximum absolute atomic E-state index is 11.5. The Labute approximate surface area is 178 Å². The van der Waals surface area contributed by atoms with Crippen LogP contribution in [0, 0.1) is 6.92 Å². The summed E-state index contributed by atoms with van der Waals surface area (Å²) >= 11 is 0. The standard InChI is InChI=1S/C25H32N4O/c1-18-4-2-3-5-21(18)17-28-12-10-22(11-13-28)29-14-8-19(9-15-29)20-6-7-23-24(16-20)27-25(30)26-23/h2-7,16,19,22H,8-15,17H2,1H3,(H2,26,27,30). The summed E-state index contributed by atoms with van der Waals surface area (Å²) in [5.74, 6) is 0.602. The predicted molar refractivity (Wildman–Crippen MR) is 122 cm³/mol. The fraction of sp³-hybridized carbons (Fsp3) is 0.480. The van der Waals surface area contributed by atoms with Gasteiger partial charge in [-0.2, -0.15) is 0 Å². The van der Waals surface area contributed by atoms with Gasteiger partial charge >= 0.3 is 5.69 Å². The lowest BCUT2D eigenvalue weighted by Crippen LogP contribution is -2.47. The molecule has 0 bridgehead atoms. The van der Waals surface area contributed by atoms with Gasteiger partial charge < -0.3 is 14.9 Å². The Morgan fingerprint density at radius 1 is 0.900 bits per heavy atom. The van der Waals surface area contributed by atoms with Crippen molar-refractivity contribution in [1.82, 2.24) is 19.8 Å². The van der Waals surface area contributed by atoms with Gasteiger partial charge in [-0.15, -0.1) is 0 Å². The van der Waals surface area contributed by atoms with Crippen LogP contribution in [0.25, 0.3) is 11.0 Å². The van der Waals surface area contributed by atoms with E-state index in [0.717, 1.165) is 23.6 Å². The predicted octanol–water partition coefficient (Wildman–Crippen LogP) is 4.01. The number of aromatic amines is 2. The van der Waals surface area contributed by atoms with Crippen molar-refractivity contribution in [3.05, 3.63) is 69.6 Å². The van der Waals surface area contributed by atoms with Crippen LogP contribution in [0.15, 0.2) is 47.3 Å². The molecule has 5 nitrogen and oxygen atoms in total. The number of aromatic nitrogens is 2. The van der Waals surface area contributed by atoms with Crippen LogP contribution in [0.5, 0.6) is 0 Å². The normalized spacial score (nSPS) is 20.2. The zero-order valence-corrected chi connectivity index (χ0v) is 17.9. The zero-order chi connectivity index (χ0) is 20.5. The number of likely N-dealkylation sites (tertiary alicyclic amines) is 2. The number of benzene rings is 2. The smallest absolute Gasteiger partial charge is 0.306 e. The molecule has 0 spiro atoms. The molecule has 2 aliphatic heterocycles. The summed E-state index contributed by atoms with van der Waals surface area (Å²) in [6, 6.07) is 15.9. The molecule has 0 saturated carbocycles. The minimum Gasteiger partial charge on any atom is -0.306 e. The lowest BCUT2D eigenvalue weighted by Gasteiger charge is -2.42. The van der Waals surface area contributed by atoms with E-state index in [0.29, 0.717) is 5.92 Å². The van der Waals surface area contributed by atoms with E-state index >= 15 is 0 Å². The third kappa shape index (κ3) is 4.09. The monoisotopic (exact) mass is 404 g/mol. The summed E-state index contributed by atoms with van der Waals surface area (Å²) in [5.41, 5.74) is 5.96. The van der Waals surface area contributed by atoms with Crippen molar-refractivity contribution in [2.75, 3.05) is 26.2 Å². The molecule has 0 aliphatic carbocycles. The fourth-order valence-electron chi connectivity index (χ4n) is 5.37. The van der Waals surface area contributed by atoms with Crippen molar-refractivity contribution in [1.29, 1.82) is 0 Å². The minimum atomic E-state index is -0.120. The Hall–Kier alpha value is -2.37. The third-order valence-corrected chi connectivity index (χ3v) is 7.27. The van der Waals surface area contributed by atoms with Gasteiger partial charge in [0, 0.05) is 12.6 Å². The third-order valence-electron chi connectivity index (χ3n) is 7.27. The van der Waals surface area contributed by atoms with Crippen LogP contribution in [0.4, 0.5) is 0 Å². The summed E-state index contributed by atoms with van der Waals surface area (Å²) in [6.45, 7) is 8.10. The molecule has 3 aromatic rings. The molecule has 2 aliphatic rings. The quantitative estimate of drug-likeness (QED) is 0.691. The largest absolute Gasteiger partial charge is 0.323 e. The van der Waals surface area contributed by atoms with E-state index in [4.69, 9.17) is 0 Å². The number of hydrogen-bond donors (Lipinski definition) is 2. The second-order valence-corrected chi connectivity index (χ2v) is 9.13. The van der Waals surface area contributed by atoms with Crippen molar-refractivity contribution in [3.63, 3.8) is 0 Å². The summed E-state index contributed by atoms with van der Waals surface area (Å²) < 4.78 is 0. The molecule has 0 atom stereocenters. The molecule has 3 heterocycles. The fourth-order valence-corrected chi connectivity index (χ4v) is 5.37. The Kier molecular flexibility index (Phi) is 5.48. The summed E-state index contributed by atoms with van der Waals surface area (Å²) in [5, 5.41) is 0. The molecule has 0 radical (unpaired) electrons. The second kappa shape index (κ2) is 8.40. The van der Waals surface area contributed by atoms with Crippen molar-refractivity contribution in [2.24, 2.45) is 0 Å². The highest BCUT2D eigenvalue weighted by molar-refractivity contribution is 5.75. The van der Waals surface area contributed by atoms with Gasteiger partial charge in [0.25, 0.3) is 0 Å². The number of rotatable bonds is 4. The lowest BCUT2D eigenvalue weighted by molar-refractivity contribution is 0.0845. The van der Waals surface area contributed by atoms with Crippen LogP contribution < -0.4 is 5.69 Å². The zero-order valence-electron chi connectivity index (χ0n) is 17.9. The number of fused-ring (bicyclic) bond motifs is 1. The van der Waals surface area contributed by atoms with Gasteiger partial charge in [0.2, 0.25) is 0 Å². The Morgan fingerprint density at radius 2 is 1.63 bits per heavy atom. The summed E-state index contributed by atoms with van der Waals surface area (Å²) in [6.07, 6.45) is 4.99. The van der Waals surface area contributed by atoms with Crippen LogP contribution in [0.3, 0.4) is 0 Å². The first kappa shape index (κ1) is 19.6. The molecule has 5 rings (SSSR count). The maximum atomic E-state index is 11.5. The van der Waals surface area contributed by atoms with Crippen molar-refractivity contribution >= 4 is 11.0 Å². The molecule has 2 saturated heterocycles. The topological polar surface area (TPSA) is 55.1 Å². The molecule has 30 heavy (non-hydrogen) atoms. The van der Waals surface area contributed by atoms with Gasteiger partial charge in [-0.25, -0.2) is 4.79 Å². The van der Waals surface area contributed by atoms with E-state index in [9.17, 15) is 4.79 Å². The number of hydrogen-bond acceptors (Lipinski definition) is 3. The SMILES string of the molecule is Cc1ccccc1CN1CCC(N2CCC(c3ccc4[nH]c(=O)[nH]c4c3)CC2)CC1. The number of nitrogens with zero attached hydrogens (tertiary/aromatic N) is 2. The molecule has 2 aromatic carbocycles. The van der Waals surface area contributed by atoms with Gasteiger partial charge in [0.1, 0.15) is 0 Å². The molecule has 2 N–H and O–H groups in total. The number of nitrogens with one attached hydrogen (secondary N) is 2. The van der Waals surface area contributed by atoms with Crippen LogP contribution in [-0.2, 0) is 6.54 Å². The van der Waals surface area contributed by atoms with Gasteiger partial charge in [-0.05, 0) is 93.5 Å². The highest BCUT2D eigenvalue weighted by Crippen LogP contribution is 2.31. The van der Waals surface area contributed by atoms with E-state index in [1.807, 2.05) is 6.07 Å². The molecule has 158 valence electrons. The minimum absolute atomic E-state index is 0.120. The van der Waals surface area contributed by atoms with E-state index in [-0.39, 0.29) is 5.69 Å².